The molecule has 0 fully saturated rings. The summed E-state index contributed by atoms with van der Waals surface area (Å²) in [6.07, 6.45) is 5.30. The van der Waals surface area contributed by atoms with Crippen molar-refractivity contribution in [2.24, 2.45) is 7.05 Å². The van der Waals surface area contributed by atoms with E-state index < -0.39 is 0 Å². The molecule has 2 aromatic heterocycles. The first-order valence-corrected chi connectivity index (χ1v) is 4.81. The van der Waals surface area contributed by atoms with E-state index in [9.17, 15) is 0 Å². The van der Waals surface area contributed by atoms with Crippen LogP contribution in [0.25, 0.3) is 11.1 Å². The van der Waals surface area contributed by atoms with Crippen LogP contribution in [-0.4, -0.2) is 29.0 Å². The van der Waals surface area contributed by atoms with Crippen molar-refractivity contribution in [3.05, 3.63) is 24.7 Å². The van der Waals surface area contributed by atoms with Gasteiger partial charge in [0.2, 0.25) is 5.88 Å². The van der Waals surface area contributed by atoms with Crippen LogP contribution in [0.1, 0.15) is 0 Å². The molecular formula is C11H13N3O2. The summed E-state index contributed by atoms with van der Waals surface area (Å²) >= 11 is 0. The predicted octanol–water partition coefficient (Wildman–Crippen LogP) is 1.50. The summed E-state index contributed by atoms with van der Waals surface area (Å²) < 4.78 is 12.0. The minimum Gasteiger partial charge on any atom is -0.495 e. The fraction of sp³-hybridized carbons (Fsp3) is 0.273. The van der Waals surface area contributed by atoms with Crippen LogP contribution in [0.5, 0.6) is 11.6 Å². The van der Waals surface area contributed by atoms with Crippen LogP contribution in [-0.2, 0) is 7.05 Å². The highest BCUT2D eigenvalue weighted by Crippen LogP contribution is 2.29. The quantitative estimate of drug-likeness (QED) is 0.785. The summed E-state index contributed by atoms with van der Waals surface area (Å²) in [4.78, 5) is 4.10. The third-order valence-electron chi connectivity index (χ3n) is 2.25. The Hall–Kier alpha value is -2.04. The zero-order chi connectivity index (χ0) is 11.5. The summed E-state index contributed by atoms with van der Waals surface area (Å²) in [6, 6.07) is 1.90. The van der Waals surface area contributed by atoms with Gasteiger partial charge in [-0.2, -0.15) is 0 Å². The zero-order valence-corrected chi connectivity index (χ0v) is 9.47. The van der Waals surface area contributed by atoms with Crippen molar-refractivity contribution in [3.63, 3.8) is 0 Å². The van der Waals surface area contributed by atoms with E-state index in [0.717, 1.165) is 11.1 Å². The molecule has 0 saturated carbocycles. The van der Waals surface area contributed by atoms with Crippen LogP contribution < -0.4 is 9.47 Å². The second-order valence-electron chi connectivity index (χ2n) is 3.34. The maximum atomic E-state index is 5.19. The molecule has 0 unspecified atom stereocenters. The van der Waals surface area contributed by atoms with Crippen LogP contribution in [0.3, 0.4) is 0 Å². The molecule has 0 aliphatic rings. The van der Waals surface area contributed by atoms with E-state index in [0.29, 0.717) is 11.6 Å². The Balaban J connectivity index is 2.48. The molecule has 84 valence electrons. The molecule has 0 radical (unpaired) electrons. The van der Waals surface area contributed by atoms with Gasteiger partial charge in [0.1, 0.15) is 5.75 Å². The lowest BCUT2D eigenvalue weighted by Gasteiger charge is -2.03. The lowest BCUT2D eigenvalue weighted by molar-refractivity contribution is 0.393. The first kappa shape index (κ1) is 10.5. The van der Waals surface area contributed by atoms with Crippen molar-refractivity contribution in [1.29, 1.82) is 0 Å². The lowest BCUT2D eigenvalue weighted by atomic mass is 10.1. The Morgan fingerprint density at radius 3 is 2.69 bits per heavy atom. The van der Waals surface area contributed by atoms with Gasteiger partial charge in [-0.05, 0) is 6.07 Å². The molecule has 0 amide bonds. The van der Waals surface area contributed by atoms with Gasteiger partial charge in [-0.25, -0.2) is 0 Å². The molecule has 2 heterocycles. The minimum absolute atomic E-state index is 0.581. The fourth-order valence-electron chi connectivity index (χ4n) is 1.49. The molecule has 0 saturated heterocycles. The van der Waals surface area contributed by atoms with Crippen molar-refractivity contribution in [2.45, 2.75) is 0 Å². The standard InChI is InChI=1S/C11H13N3O2/c1-14-7-10(11(13-14)16-3)8-4-9(15-2)6-12-5-8/h4-7H,1-3H3. The van der Waals surface area contributed by atoms with Gasteiger partial charge in [0.25, 0.3) is 0 Å². The van der Waals surface area contributed by atoms with E-state index in [1.54, 1.807) is 31.3 Å². The average Bonchev–Trinajstić information content (AvgIpc) is 2.70. The molecule has 0 spiro atoms. The highest BCUT2D eigenvalue weighted by Gasteiger charge is 2.11. The third kappa shape index (κ3) is 1.84. The highest BCUT2D eigenvalue weighted by molar-refractivity contribution is 5.68. The van der Waals surface area contributed by atoms with Gasteiger partial charge in [0.15, 0.2) is 0 Å². The Kier molecular flexibility index (Phi) is 2.76. The maximum Gasteiger partial charge on any atom is 0.240 e. The Labute approximate surface area is 93.6 Å². The number of methoxy groups -OCH3 is 2. The molecular weight excluding hydrogens is 206 g/mol. The van der Waals surface area contributed by atoms with Gasteiger partial charge in [0.05, 0.1) is 26.0 Å². The number of aromatic nitrogens is 3. The first-order chi connectivity index (χ1) is 7.74. The number of hydrogen-bond acceptors (Lipinski definition) is 4. The Bertz CT molecular complexity index is 494. The molecule has 5 heteroatoms. The number of ether oxygens (including phenoxy) is 2. The molecule has 0 N–H and O–H groups in total. The fourth-order valence-corrected chi connectivity index (χ4v) is 1.49. The average molecular weight is 219 g/mol. The lowest BCUT2D eigenvalue weighted by Crippen LogP contribution is -1.89. The molecule has 2 rings (SSSR count). The normalized spacial score (nSPS) is 10.2. The molecule has 0 atom stereocenters. The Morgan fingerprint density at radius 1 is 1.19 bits per heavy atom. The monoisotopic (exact) mass is 219 g/mol. The van der Waals surface area contributed by atoms with Crippen molar-refractivity contribution in [3.8, 4) is 22.8 Å². The molecule has 16 heavy (non-hydrogen) atoms. The van der Waals surface area contributed by atoms with Gasteiger partial charge < -0.3 is 9.47 Å². The smallest absolute Gasteiger partial charge is 0.240 e. The summed E-state index contributed by atoms with van der Waals surface area (Å²) in [5.74, 6) is 1.29. The van der Waals surface area contributed by atoms with Gasteiger partial charge >= 0.3 is 0 Å². The largest absolute Gasteiger partial charge is 0.495 e. The van der Waals surface area contributed by atoms with Gasteiger partial charge in [-0.3, -0.25) is 9.67 Å². The van der Waals surface area contributed by atoms with Crippen molar-refractivity contribution < 1.29 is 9.47 Å². The summed E-state index contributed by atoms with van der Waals surface area (Å²) in [5.41, 5.74) is 1.82. The van der Waals surface area contributed by atoms with E-state index in [1.165, 1.54) is 0 Å². The van der Waals surface area contributed by atoms with Crippen molar-refractivity contribution >= 4 is 0 Å². The topological polar surface area (TPSA) is 49.2 Å². The molecule has 0 aliphatic heterocycles. The third-order valence-corrected chi connectivity index (χ3v) is 2.25. The maximum absolute atomic E-state index is 5.19. The number of nitrogens with zero attached hydrogens (tertiary/aromatic N) is 3. The van der Waals surface area contributed by atoms with E-state index >= 15 is 0 Å². The number of rotatable bonds is 3. The van der Waals surface area contributed by atoms with Crippen LogP contribution in [0.15, 0.2) is 24.7 Å². The summed E-state index contributed by atoms with van der Waals surface area (Å²) in [7, 11) is 5.06. The molecule has 0 aliphatic carbocycles. The summed E-state index contributed by atoms with van der Waals surface area (Å²) in [6.45, 7) is 0. The zero-order valence-electron chi connectivity index (χ0n) is 9.47. The highest BCUT2D eigenvalue weighted by atomic mass is 16.5. The molecule has 2 aromatic rings. The second-order valence-corrected chi connectivity index (χ2v) is 3.34. The minimum atomic E-state index is 0.581. The molecule has 0 aromatic carbocycles. The Morgan fingerprint density at radius 2 is 2.00 bits per heavy atom. The molecule has 0 bridgehead atoms. The van der Waals surface area contributed by atoms with Crippen molar-refractivity contribution in [2.75, 3.05) is 14.2 Å². The van der Waals surface area contributed by atoms with Crippen LogP contribution in [0.4, 0.5) is 0 Å². The van der Waals surface area contributed by atoms with E-state index in [2.05, 4.69) is 10.1 Å². The van der Waals surface area contributed by atoms with Gasteiger partial charge in [-0.1, -0.05) is 0 Å². The second kappa shape index (κ2) is 4.22. The number of pyridine rings is 1. The van der Waals surface area contributed by atoms with Crippen LogP contribution >= 0.6 is 0 Å². The molecule has 5 nitrogen and oxygen atoms in total. The summed E-state index contributed by atoms with van der Waals surface area (Å²) in [5, 5.41) is 4.19. The van der Waals surface area contributed by atoms with E-state index in [-0.39, 0.29) is 0 Å². The SMILES string of the molecule is COc1cncc(-c2cn(C)nc2OC)c1. The number of aryl methyl sites for hydroxylation is 1. The van der Waals surface area contributed by atoms with Crippen LogP contribution in [0, 0.1) is 0 Å². The number of hydrogen-bond donors (Lipinski definition) is 0. The first-order valence-electron chi connectivity index (χ1n) is 4.81. The van der Waals surface area contributed by atoms with Gasteiger partial charge in [-0.15, -0.1) is 5.10 Å². The van der Waals surface area contributed by atoms with E-state index in [1.807, 2.05) is 19.3 Å². The van der Waals surface area contributed by atoms with E-state index in [4.69, 9.17) is 9.47 Å². The van der Waals surface area contributed by atoms with Crippen LogP contribution in [0.2, 0.25) is 0 Å². The van der Waals surface area contributed by atoms with Crippen molar-refractivity contribution in [1.82, 2.24) is 14.8 Å². The predicted molar refractivity (Wildman–Crippen MR) is 59.5 cm³/mol. The van der Waals surface area contributed by atoms with Gasteiger partial charge in [0, 0.05) is 25.0 Å².